The van der Waals surface area contributed by atoms with Crippen LogP contribution in [0.1, 0.15) is 75.8 Å². The average Bonchev–Trinajstić information content (AvgIpc) is 3.21. The van der Waals surface area contributed by atoms with Gasteiger partial charge in [0.1, 0.15) is 11.3 Å². The van der Waals surface area contributed by atoms with Crippen LogP contribution in [0.5, 0.6) is 5.75 Å². The lowest BCUT2D eigenvalue weighted by Gasteiger charge is -2.28. The molecular weight excluding hydrogens is 429 g/mol. The molecule has 1 aromatic heterocycles. The zero-order valence-electron chi connectivity index (χ0n) is 18.8. The summed E-state index contributed by atoms with van der Waals surface area (Å²) in [6.07, 6.45) is 4.62. The number of unbranched alkanes of at least 4 members (excludes halogenated alkanes) is 1. The van der Waals surface area contributed by atoms with Gasteiger partial charge in [0, 0.05) is 4.88 Å². The van der Waals surface area contributed by atoms with E-state index in [4.69, 9.17) is 4.74 Å². The molecule has 1 aliphatic carbocycles. The van der Waals surface area contributed by atoms with Gasteiger partial charge in [0.15, 0.2) is 0 Å². The van der Waals surface area contributed by atoms with Crippen LogP contribution >= 0.6 is 11.3 Å². The number of alkyl halides is 3. The molecule has 1 saturated carbocycles. The fourth-order valence-electron chi connectivity index (χ4n) is 4.97. The van der Waals surface area contributed by atoms with Gasteiger partial charge in [-0.3, -0.25) is 0 Å². The first-order valence-corrected chi connectivity index (χ1v) is 12.6. The van der Waals surface area contributed by atoms with Gasteiger partial charge in [-0.15, -0.1) is 11.3 Å². The first-order valence-electron chi connectivity index (χ1n) is 11.8. The lowest BCUT2D eigenvalue weighted by atomic mass is 9.77. The van der Waals surface area contributed by atoms with Crippen LogP contribution in [0.15, 0.2) is 42.5 Å². The Balaban J connectivity index is 1.55. The van der Waals surface area contributed by atoms with Crippen LogP contribution in [0.25, 0.3) is 20.5 Å². The molecule has 32 heavy (non-hydrogen) atoms. The quantitative estimate of drug-likeness (QED) is 0.341. The van der Waals surface area contributed by atoms with Gasteiger partial charge in [0.2, 0.25) is 0 Å². The summed E-state index contributed by atoms with van der Waals surface area (Å²) >= 11 is 1.19. The normalized spacial score (nSPS) is 19.4. The van der Waals surface area contributed by atoms with Crippen LogP contribution in [0, 0.1) is 5.92 Å². The smallest absolute Gasteiger partial charge is 0.421 e. The number of benzene rings is 2. The number of hydrogen-bond acceptors (Lipinski definition) is 2. The molecule has 0 bridgehead atoms. The summed E-state index contributed by atoms with van der Waals surface area (Å²) in [7, 11) is 0. The Morgan fingerprint density at radius 1 is 0.969 bits per heavy atom. The molecule has 0 radical (unpaired) electrons. The number of fused-ring (bicyclic) bond motifs is 1. The predicted molar refractivity (Wildman–Crippen MR) is 128 cm³/mol. The summed E-state index contributed by atoms with van der Waals surface area (Å²) in [4.78, 5) is 0.856. The van der Waals surface area contributed by atoms with E-state index in [0.29, 0.717) is 11.3 Å². The van der Waals surface area contributed by atoms with Gasteiger partial charge in [0.25, 0.3) is 0 Å². The molecule has 0 N–H and O–H groups in total. The van der Waals surface area contributed by atoms with Crippen molar-refractivity contribution in [3.8, 4) is 16.2 Å². The van der Waals surface area contributed by atoms with Crippen LogP contribution in [0.3, 0.4) is 0 Å². The van der Waals surface area contributed by atoms with Crippen molar-refractivity contribution in [2.45, 2.75) is 70.9 Å². The third-order valence-electron chi connectivity index (χ3n) is 6.71. The standard InChI is InChI=1S/C27H31F3OS/c1-3-5-6-18-7-9-19(10-8-18)20-11-13-21(14-12-20)24-17-22-15-16-23(31-4-2)25(26(22)32-24)27(28,29)30/h11-19H,3-10H2,1-2H3. The minimum Gasteiger partial charge on any atom is -0.493 e. The average molecular weight is 461 g/mol. The highest BCUT2D eigenvalue weighted by Gasteiger charge is 2.37. The molecule has 5 heteroatoms. The number of halogens is 3. The van der Waals surface area contributed by atoms with Crippen molar-refractivity contribution in [2.24, 2.45) is 5.92 Å². The summed E-state index contributed by atoms with van der Waals surface area (Å²) in [5.41, 5.74) is 1.67. The van der Waals surface area contributed by atoms with Gasteiger partial charge in [0.05, 0.1) is 11.3 Å². The fourth-order valence-corrected chi connectivity index (χ4v) is 6.19. The Kier molecular flexibility index (Phi) is 7.14. The van der Waals surface area contributed by atoms with Gasteiger partial charge in [-0.05, 0) is 79.2 Å². The van der Waals surface area contributed by atoms with Crippen molar-refractivity contribution in [1.82, 2.24) is 0 Å². The number of thiophene rings is 1. The maximum atomic E-state index is 13.8. The van der Waals surface area contributed by atoms with Gasteiger partial charge >= 0.3 is 6.18 Å². The van der Waals surface area contributed by atoms with E-state index < -0.39 is 11.7 Å². The molecule has 3 aromatic rings. The molecular formula is C27H31F3OS. The van der Waals surface area contributed by atoms with E-state index in [2.05, 4.69) is 31.2 Å². The summed E-state index contributed by atoms with van der Waals surface area (Å²) in [6, 6.07) is 13.5. The van der Waals surface area contributed by atoms with Gasteiger partial charge in [-0.2, -0.15) is 13.2 Å². The maximum Gasteiger partial charge on any atom is 0.421 e. The predicted octanol–water partition coefficient (Wildman–Crippen LogP) is 9.45. The monoisotopic (exact) mass is 460 g/mol. The van der Waals surface area contributed by atoms with Crippen LogP contribution in [-0.2, 0) is 6.18 Å². The second-order valence-electron chi connectivity index (χ2n) is 8.88. The molecule has 4 rings (SSSR count). The second kappa shape index (κ2) is 9.86. The molecule has 1 aliphatic rings. The van der Waals surface area contributed by atoms with E-state index in [1.165, 1.54) is 67.9 Å². The van der Waals surface area contributed by atoms with E-state index >= 15 is 0 Å². The van der Waals surface area contributed by atoms with Gasteiger partial charge < -0.3 is 4.74 Å². The van der Waals surface area contributed by atoms with Crippen LogP contribution in [0.2, 0.25) is 0 Å². The van der Waals surface area contributed by atoms with E-state index in [1.54, 1.807) is 13.0 Å². The molecule has 0 amide bonds. The molecule has 172 valence electrons. The van der Waals surface area contributed by atoms with Crippen molar-refractivity contribution in [1.29, 1.82) is 0 Å². The largest absolute Gasteiger partial charge is 0.493 e. The van der Waals surface area contributed by atoms with Crippen molar-refractivity contribution < 1.29 is 17.9 Å². The minimum atomic E-state index is -4.45. The Morgan fingerprint density at radius 2 is 1.69 bits per heavy atom. The highest BCUT2D eigenvalue weighted by molar-refractivity contribution is 7.22. The maximum absolute atomic E-state index is 13.8. The van der Waals surface area contributed by atoms with Crippen molar-refractivity contribution >= 4 is 21.4 Å². The number of rotatable bonds is 7. The Morgan fingerprint density at radius 3 is 2.31 bits per heavy atom. The van der Waals surface area contributed by atoms with Crippen molar-refractivity contribution in [2.75, 3.05) is 6.61 Å². The summed E-state index contributed by atoms with van der Waals surface area (Å²) in [5, 5.41) is 0.607. The first-order chi connectivity index (χ1) is 15.4. The van der Waals surface area contributed by atoms with Gasteiger partial charge in [-0.25, -0.2) is 0 Å². The van der Waals surface area contributed by atoms with E-state index in [0.717, 1.165) is 16.4 Å². The fraction of sp³-hybridized carbons (Fsp3) is 0.481. The Hall–Kier alpha value is -2.01. The zero-order chi connectivity index (χ0) is 22.7. The molecule has 1 nitrogen and oxygen atoms in total. The topological polar surface area (TPSA) is 9.23 Å². The highest BCUT2D eigenvalue weighted by Crippen LogP contribution is 2.46. The summed E-state index contributed by atoms with van der Waals surface area (Å²) in [5.74, 6) is 1.40. The second-order valence-corrected chi connectivity index (χ2v) is 9.93. The minimum absolute atomic E-state index is 0.0919. The van der Waals surface area contributed by atoms with Crippen molar-refractivity contribution in [3.05, 3.63) is 53.6 Å². The lowest BCUT2D eigenvalue weighted by Crippen LogP contribution is -2.13. The van der Waals surface area contributed by atoms with E-state index in [-0.39, 0.29) is 17.1 Å². The summed E-state index contributed by atoms with van der Waals surface area (Å²) in [6.45, 7) is 4.16. The van der Waals surface area contributed by atoms with Crippen LogP contribution in [0.4, 0.5) is 13.2 Å². The molecule has 0 spiro atoms. The molecule has 1 fully saturated rings. The van der Waals surface area contributed by atoms with Crippen molar-refractivity contribution in [3.63, 3.8) is 0 Å². The third kappa shape index (κ3) is 4.98. The Bertz CT molecular complexity index is 1030. The summed E-state index contributed by atoms with van der Waals surface area (Å²) < 4.78 is 46.9. The number of ether oxygens (including phenoxy) is 1. The molecule has 2 aromatic carbocycles. The third-order valence-corrected chi connectivity index (χ3v) is 7.93. The van der Waals surface area contributed by atoms with Crippen LogP contribution in [-0.4, -0.2) is 6.61 Å². The SMILES string of the molecule is CCCCC1CCC(c2ccc(-c3cc4ccc(OCC)c(C(F)(F)F)c4s3)cc2)CC1. The Labute approximate surface area is 192 Å². The van der Waals surface area contributed by atoms with E-state index in [1.807, 2.05) is 6.07 Å². The zero-order valence-corrected chi connectivity index (χ0v) is 19.6. The van der Waals surface area contributed by atoms with E-state index in [9.17, 15) is 13.2 Å². The first kappa shape index (κ1) is 23.2. The number of hydrogen-bond donors (Lipinski definition) is 0. The molecule has 0 atom stereocenters. The molecule has 0 unspecified atom stereocenters. The highest BCUT2D eigenvalue weighted by atomic mass is 32.1. The van der Waals surface area contributed by atoms with Crippen LogP contribution < -0.4 is 4.74 Å². The lowest BCUT2D eigenvalue weighted by molar-refractivity contribution is -0.137. The molecule has 0 aliphatic heterocycles. The van der Waals surface area contributed by atoms with Gasteiger partial charge in [-0.1, -0.05) is 50.5 Å². The molecule has 0 saturated heterocycles. The molecule has 1 heterocycles.